The maximum absolute atomic E-state index is 4.56. The Morgan fingerprint density at radius 1 is 0.792 bits per heavy atom. The fourth-order valence-corrected chi connectivity index (χ4v) is 3.84. The van der Waals surface area contributed by atoms with E-state index in [1.165, 1.54) is 27.8 Å². The molecule has 1 atom stereocenters. The predicted octanol–water partition coefficient (Wildman–Crippen LogP) is 6.57. The molecule has 0 spiro atoms. The zero-order valence-electron chi connectivity index (χ0n) is 13.1. The van der Waals surface area contributed by atoms with Gasteiger partial charge >= 0.3 is 0 Å². The number of rotatable bonds is 3. The molecule has 1 nitrogen and oxygen atoms in total. The Labute approximate surface area is 150 Å². The molecule has 116 valence electrons. The summed E-state index contributed by atoms with van der Waals surface area (Å²) in [4.78, 5) is 4.81. The molecule has 0 fully saturated rings. The lowest BCUT2D eigenvalue weighted by atomic mass is 10.1. The van der Waals surface area contributed by atoms with Gasteiger partial charge in [-0.3, -0.25) is 4.99 Å². The van der Waals surface area contributed by atoms with E-state index in [4.69, 9.17) is 0 Å². The first-order chi connectivity index (χ1) is 11.8. The van der Waals surface area contributed by atoms with Crippen LogP contribution in [0.5, 0.6) is 0 Å². The number of fused-ring (bicyclic) bond motifs is 3. The van der Waals surface area contributed by atoms with Crippen LogP contribution in [0.15, 0.2) is 83.9 Å². The number of halogens is 1. The van der Waals surface area contributed by atoms with Crippen LogP contribution in [0.2, 0.25) is 0 Å². The van der Waals surface area contributed by atoms with Crippen LogP contribution in [0.25, 0.3) is 17.2 Å². The fraction of sp³-hybridized carbons (Fsp3) is 0.0455. The summed E-state index contributed by atoms with van der Waals surface area (Å²) >= 11 is 3.82. The number of alkyl halides is 1. The maximum atomic E-state index is 4.56. The lowest BCUT2D eigenvalue weighted by Crippen LogP contribution is -1.84. The van der Waals surface area contributed by atoms with Crippen molar-refractivity contribution in [1.29, 1.82) is 0 Å². The monoisotopic (exact) mass is 373 g/mol. The van der Waals surface area contributed by atoms with Crippen molar-refractivity contribution in [3.8, 4) is 11.1 Å². The Balaban J connectivity index is 1.57. The van der Waals surface area contributed by atoms with E-state index in [1.54, 1.807) is 0 Å². The largest absolute Gasteiger partial charge is 0.257 e. The molecule has 3 aromatic rings. The summed E-state index contributed by atoms with van der Waals surface area (Å²) < 4.78 is 0. The Bertz CT molecular complexity index is 926. The minimum absolute atomic E-state index is 0.249. The van der Waals surface area contributed by atoms with Crippen molar-refractivity contribution < 1.29 is 0 Å². The molecule has 0 amide bonds. The van der Waals surface area contributed by atoms with Crippen LogP contribution in [0.4, 0.5) is 5.69 Å². The van der Waals surface area contributed by atoms with Gasteiger partial charge in [0, 0.05) is 6.21 Å². The molecule has 1 aliphatic carbocycles. The van der Waals surface area contributed by atoms with Gasteiger partial charge in [-0.2, -0.15) is 0 Å². The Morgan fingerprint density at radius 3 is 2.42 bits per heavy atom. The van der Waals surface area contributed by atoms with E-state index in [-0.39, 0.29) is 4.83 Å². The smallest absolute Gasteiger partial charge is 0.0657 e. The van der Waals surface area contributed by atoms with Gasteiger partial charge in [-0.15, -0.1) is 0 Å². The minimum Gasteiger partial charge on any atom is -0.257 e. The number of benzene rings is 3. The van der Waals surface area contributed by atoms with Crippen LogP contribution in [0.1, 0.15) is 21.5 Å². The van der Waals surface area contributed by atoms with Gasteiger partial charge in [-0.1, -0.05) is 82.7 Å². The van der Waals surface area contributed by atoms with Crippen LogP contribution in [-0.2, 0) is 0 Å². The quantitative estimate of drug-likeness (QED) is 0.363. The zero-order chi connectivity index (χ0) is 16.4. The average molecular weight is 374 g/mol. The molecule has 3 aromatic carbocycles. The molecule has 4 rings (SSSR count). The summed E-state index contributed by atoms with van der Waals surface area (Å²) in [6, 6.07) is 25.2. The van der Waals surface area contributed by atoms with Crippen molar-refractivity contribution in [2.45, 2.75) is 4.83 Å². The molecule has 1 aliphatic rings. The summed E-state index contributed by atoms with van der Waals surface area (Å²) in [6.07, 6.45) is 5.88. The lowest BCUT2D eigenvalue weighted by Gasteiger charge is -2.04. The van der Waals surface area contributed by atoms with E-state index < -0.39 is 0 Å². The second-order valence-corrected chi connectivity index (χ2v) is 6.69. The van der Waals surface area contributed by atoms with Crippen LogP contribution < -0.4 is 0 Å². The molecule has 0 aromatic heterocycles. The molecule has 0 unspecified atom stereocenters. The highest BCUT2D eigenvalue weighted by molar-refractivity contribution is 9.09. The van der Waals surface area contributed by atoms with Crippen LogP contribution in [0, 0.1) is 0 Å². The summed E-state index contributed by atoms with van der Waals surface area (Å²) in [7, 11) is 0. The first-order valence-corrected chi connectivity index (χ1v) is 8.87. The highest BCUT2D eigenvalue weighted by atomic mass is 79.9. The second-order valence-electron chi connectivity index (χ2n) is 5.77. The van der Waals surface area contributed by atoms with Gasteiger partial charge in [0.15, 0.2) is 0 Å². The lowest BCUT2D eigenvalue weighted by molar-refractivity contribution is 1.24. The van der Waals surface area contributed by atoms with Gasteiger partial charge in [-0.25, -0.2) is 0 Å². The summed E-state index contributed by atoms with van der Waals surface area (Å²) in [6.45, 7) is 0. The van der Waals surface area contributed by atoms with E-state index in [9.17, 15) is 0 Å². The van der Waals surface area contributed by atoms with Gasteiger partial charge in [0.25, 0.3) is 0 Å². The molecule has 0 radical (unpaired) electrons. The molecule has 2 heteroatoms. The van der Waals surface area contributed by atoms with Crippen molar-refractivity contribution in [1.82, 2.24) is 0 Å². The summed E-state index contributed by atoms with van der Waals surface area (Å²) in [5, 5.41) is 0. The number of nitrogens with zero attached hydrogens (tertiary/aromatic N) is 1. The third kappa shape index (κ3) is 2.85. The summed E-state index contributed by atoms with van der Waals surface area (Å²) in [5.41, 5.74) is 7.38. The van der Waals surface area contributed by atoms with E-state index in [2.05, 4.69) is 81.6 Å². The van der Waals surface area contributed by atoms with Crippen molar-refractivity contribution in [3.05, 3.63) is 95.6 Å². The normalized spacial score (nSPS) is 15.8. The van der Waals surface area contributed by atoms with Crippen LogP contribution >= 0.6 is 15.9 Å². The first kappa shape index (κ1) is 15.1. The molecular formula is C22H16BrN. The van der Waals surface area contributed by atoms with E-state index in [0.29, 0.717) is 0 Å². The van der Waals surface area contributed by atoms with E-state index >= 15 is 0 Å². The third-order valence-corrected chi connectivity index (χ3v) is 5.22. The van der Waals surface area contributed by atoms with Gasteiger partial charge in [-0.05, 0) is 46.0 Å². The van der Waals surface area contributed by atoms with Crippen molar-refractivity contribution >= 4 is 33.9 Å². The van der Waals surface area contributed by atoms with Gasteiger partial charge in [0.2, 0.25) is 0 Å². The number of hydrogen-bond donors (Lipinski definition) is 0. The molecule has 0 saturated carbocycles. The third-order valence-electron chi connectivity index (χ3n) is 4.23. The molecule has 0 aliphatic heterocycles. The first-order valence-electron chi connectivity index (χ1n) is 7.96. The molecule has 0 heterocycles. The molecule has 0 bridgehead atoms. The SMILES string of the molecule is Br[C@@H]1c2ccccc2-c2ccc(N=C/C=C/c3ccccc3)cc21. The highest BCUT2D eigenvalue weighted by Gasteiger charge is 2.26. The Hall–Kier alpha value is -2.45. The number of allylic oxidation sites excluding steroid dienone is 1. The molecule has 0 saturated heterocycles. The Kier molecular flexibility index (Phi) is 4.14. The predicted molar refractivity (Wildman–Crippen MR) is 106 cm³/mol. The average Bonchev–Trinajstić information content (AvgIpc) is 2.92. The van der Waals surface area contributed by atoms with Crippen molar-refractivity contribution in [3.63, 3.8) is 0 Å². The van der Waals surface area contributed by atoms with Gasteiger partial charge in [0.05, 0.1) is 10.5 Å². The second kappa shape index (κ2) is 6.58. The standard InChI is InChI=1S/C22H16BrN/c23-22-20-11-5-4-10-18(20)19-13-12-17(15-21(19)22)24-14-6-9-16-7-2-1-3-8-16/h1-15,22H/b9-6+,24-14?/t22-/m1/s1. The molecule has 24 heavy (non-hydrogen) atoms. The van der Waals surface area contributed by atoms with Crippen molar-refractivity contribution in [2.75, 3.05) is 0 Å². The zero-order valence-corrected chi connectivity index (χ0v) is 14.6. The maximum Gasteiger partial charge on any atom is 0.0657 e. The summed E-state index contributed by atoms with van der Waals surface area (Å²) in [5.74, 6) is 0. The fourth-order valence-electron chi connectivity index (χ4n) is 3.06. The Morgan fingerprint density at radius 2 is 1.54 bits per heavy atom. The number of hydrogen-bond acceptors (Lipinski definition) is 1. The van der Waals surface area contributed by atoms with Crippen LogP contribution in [-0.4, -0.2) is 6.21 Å². The van der Waals surface area contributed by atoms with E-state index in [0.717, 1.165) is 5.69 Å². The van der Waals surface area contributed by atoms with E-state index in [1.807, 2.05) is 30.5 Å². The van der Waals surface area contributed by atoms with Crippen molar-refractivity contribution in [2.24, 2.45) is 4.99 Å². The topological polar surface area (TPSA) is 12.4 Å². The van der Waals surface area contributed by atoms with Gasteiger partial charge < -0.3 is 0 Å². The van der Waals surface area contributed by atoms with Gasteiger partial charge in [0.1, 0.15) is 0 Å². The molecular weight excluding hydrogens is 358 g/mol. The number of aliphatic imine (C=N–C) groups is 1. The highest BCUT2D eigenvalue weighted by Crippen LogP contribution is 2.48. The molecule has 0 N–H and O–H groups in total. The van der Waals surface area contributed by atoms with Crippen LogP contribution in [0.3, 0.4) is 0 Å². The minimum atomic E-state index is 0.249.